The lowest BCUT2D eigenvalue weighted by Crippen LogP contribution is -2.49. The number of hydrogen-bond acceptors (Lipinski definition) is 3. The molecule has 1 unspecified atom stereocenters. The third-order valence-electron chi connectivity index (χ3n) is 3.49. The minimum absolute atomic E-state index is 0.166. The van der Waals surface area contributed by atoms with Crippen LogP contribution in [0, 0.1) is 5.41 Å². The molecule has 2 rings (SSSR count). The van der Waals surface area contributed by atoms with Gasteiger partial charge in [0.25, 0.3) is 0 Å². The summed E-state index contributed by atoms with van der Waals surface area (Å²) >= 11 is 0. The van der Waals surface area contributed by atoms with Crippen LogP contribution < -0.4 is 15.4 Å². The van der Waals surface area contributed by atoms with Gasteiger partial charge in [0.2, 0.25) is 5.91 Å². The maximum atomic E-state index is 13.2. The molecule has 7 heteroatoms. The zero-order valence-electron chi connectivity index (χ0n) is 10.9. The zero-order chi connectivity index (χ0) is 14.8. The van der Waals surface area contributed by atoms with Crippen LogP contribution in [0.1, 0.15) is 6.42 Å². The summed E-state index contributed by atoms with van der Waals surface area (Å²) in [6.45, 7) is -0.240. The molecule has 0 saturated carbocycles. The van der Waals surface area contributed by atoms with Gasteiger partial charge in [-0.2, -0.15) is 13.2 Å². The number of alkyl halides is 3. The third-order valence-corrected chi connectivity index (χ3v) is 3.49. The summed E-state index contributed by atoms with van der Waals surface area (Å²) in [5.41, 5.74) is -2.15. The lowest BCUT2D eigenvalue weighted by atomic mass is 9.85. The summed E-state index contributed by atoms with van der Waals surface area (Å²) < 4.78 is 44.7. The van der Waals surface area contributed by atoms with Crippen LogP contribution in [0.3, 0.4) is 0 Å². The molecule has 0 aromatic heterocycles. The Kier molecular flexibility index (Phi) is 3.89. The Hall–Kier alpha value is -1.76. The number of nitrogens with one attached hydrogen (secondary N) is 2. The Morgan fingerprint density at radius 2 is 2.10 bits per heavy atom. The summed E-state index contributed by atoms with van der Waals surface area (Å²) in [4.78, 5) is 12.1. The van der Waals surface area contributed by atoms with E-state index in [9.17, 15) is 18.0 Å². The summed E-state index contributed by atoms with van der Waals surface area (Å²) in [5, 5.41) is 4.93. The molecule has 4 nitrogen and oxygen atoms in total. The molecule has 0 spiro atoms. The third kappa shape index (κ3) is 2.45. The number of rotatable bonds is 3. The number of amides is 1. The number of ether oxygens (including phenoxy) is 1. The van der Waals surface area contributed by atoms with Gasteiger partial charge in [0, 0.05) is 6.54 Å². The Labute approximate surface area is 114 Å². The molecule has 0 radical (unpaired) electrons. The zero-order valence-corrected chi connectivity index (χ0v) is 10.9. The van der Waals surface area contributed by atoms with Crippen molar-refractivity contribution in [1.29, 1.82) is 0 Å². The van der Waals surface area contributed by atoms with Crippen molar-refractivity contribution in [1.82, 2.24) is 5.32 Å². The van der Waals surface area contributed by atoms with Crippen LogP contribution >= 0.6 is 0 Å². The lowest BCUT2D eigenvalue weighted by molar-refractivity contribution is -0.213. The second-order valence-corrected chi connectivity index (χ2v) is 4.66. The van der Waals surface area contributed by atoms with Crippen LogP contribution in [0.25, 0.3) is 0 Å². The van der Waals surface area contributed by atoms with Crippen molar-refractivity contribution in [2.24, 2.45) is 5.41 Å². The van der Waals surface area contributed by atoms with Gasteiger partial charge in [0.15, 0.2) is 5.41 Å². The number of benzene rings is 1. The fourth-order valence-corrected chi connectivity index (χ4v) is 2.25. The monoisotopic (exact) mass is 288 g/mol. The van der Waals surface area contributed by atoms with Gasteiger partial charge in [-0.1, -0.05) is 12.1 Å². The number of para-hydroxylation sites is 2. The molecular weight excluding hydrogens is 273 g/mol. The Morgan fingerprint density at radius 3 is 2.65 bits per heavy atom. The number of halogens is 3. The highest BCUT2D eigenvalue weighted by molar-refractivity contribution is 5.97. The van der Waals surface area contributed by atoms with Gasteiger partial charge in [0.1, 0.15) is 5.75 Å². The van der Waals surface area contributed by atoms with Crippen molar-refractivity contribution in [3.05, 3.63) is 24.3 Å². The van der Waals surface area contributed by atoms with Gasteiger partial charge in [-0.25, -0.2) is 0 Å². The fraction of sp³-hybridized carbons (Fsp3) is 0.462. The van der Waals surface area contributed by atoms with Crippen LogP contribution in [0.2, 0.25) is 0 Å². The predicted molar refractivity (Wildman–Crippen MR) is 67.6 cm³/mol. The number of anilines is 1. The topological polar surface area (TPSA) is 50.4 Å². The summed E-state index contributed by atoms with van der Waals surface area (Å²) in [7, 11) is 1.39. The Morgan fingerprint density at radius 1 is 1.40 bits per heavy atom. The molecule has 2 N–H and O–H groups in total. The molecule has 0 aliphatic carbocycles. The van der Waals surface area contributed by atoms with E-state index in [0.29, 0.717) is 5.75 Å². The van der Waals surface area contributed by atoms with Crippen molar-refractivity contribution >= 4 is 11.6 Å². The number of methoxy groups -OCH3 is 1. The molecule has 1 atom stereocenters. The minimum atomic E-state index is -4.59. The van der Waals surface area contributed by atoms with Crippen molar-refractivity contribution in [2.75, 3.05) is 25.5 Å². The van der Waals surface area contributed by atoms with E-state index in [2.05, 4.69) is 10.6 Å². The van der Waals surface area contributed by atoms with E-state index >= 15 is 0 Å². The first-order valence-electron chi connectivity index (χ1n) is 6.13. The first-order chi connectivity index (χ1) is 9.40. The SMILES string of the molecule is COc1ccccc1NC(=O)C1(C(F)(F)F)CCNC1. The van der Waals surface area contributed by atoms with Gasteiger partial charge < -0.3 is 15.4 Å². The molecule has 1 fully saturated rings. The van der Waals surface area contributed by atoms with Crippen LogP contribution in [0.4, 0.5) is 18.9 Å². The first-order valence-corrected chi connectivity index (χ1v) is 6.13. The molecule has 1 aliphatic rings. The van der Waals surface area contributed by atoms with Crippen LogP contribution in [0.5, 0.6) is 5.75 Å². The second kappa shape index (κ2) is 5.32. The molecule has 1 saturated heterocycles. The van der Waals surface area contributed by atoms with Crippen molar-refractivity contribution in [3.63, 3.8) is 0 Å². The molecule has 1 aliphatic heterocycles. The maximum absolute atomic E-state index is 13.2. The maximum Gasteiger partial charge on any atom is 0.404 e. The number of hydrogen-bond donors (Lipinski definition) is 2. The van der Waals surface area contributed by atoms with Crippen LogP contribution in [-0.2, 0) is 4.79 Å². The highest BCUT2D eigenvalue weighted by Crippen LogP contribution is 2.44. The van der Waals surface area contributed by atoms with Gasteiger partial charge in [-0.3, -0.25) is 4.79 Å². The smallest absolute Gasteiger partial charge is 0.404 e. The number of carbonyl (C=O) groups excluding carboxylic acids is 1. The van der Waals surface area contributed by atoms with E-state index in [1.54, 1.807) is 18.2 Å². The Balaban J connectivity index is 2.26. The van der Waals surface area contributed by atoms with Crippen LogP contribution in [-0.4, -0.2) is 32.3 Å². The van der Waals surface area contributed by atoms with Crippen molar-refractivity contribution in [3.8, 4) is 5.75 Å². The van der Waals surface area contributed by atoms with E-state index in [4.69, 9.17) is 4.74 Å². The standard InChI is InChI=1S/C13H15F3N2O2/c1-20-10-5-3-2-4-9(10)18-11(19)12(13(14,15)16)6-7-17-8-12/h2-5,17H,6-8H2,1H3,(H,18,19). The molecule has 1 aromatic carbocycles. The predicted octanol–water partition coefficient (Wildman–Crippen LogP) is 2.18. The molecule has 110 valence electrons. The van der Waals surface area contributed by atoms with E-state index in [0.717, 1.165) is 0 Å². The van der Waals surface area contributed by atoms with Gasteiger partial charge in [-0.05, 0) is 25.1 Å². The van der Waals surface area contributed by atoms with Crippen molar-refractivity contribution < 1.29 is 22.7 Å². The molecule has 0 bridgehead atoms. The molecular formula is C13H15F3N2O2. The van der Waals surface area contributed by atoms with Gasteiger partial charge >= 0.3 is 6.18 Å². The van der Waals surface area contributed by atoms with E-state index in [1.165, 1.54) is 13.2 Å². The summed E-state index contributed by atoms with van der Waals surface area (Å²) in [6.07, 6.45) is -4.86. The molecule has 1 heterocycles. The van der Waals surface area contributed by atoms with E-state index in [1.807, 2.05) is 0 Å². The molecule has 1 amide bonds. The minimum Gasteiger partial charge on any atom is -0.495 e. The first kappa shape index (κ1) is 14.6. The summed E-state index contributed by atoms with van der Waals surface area (Å²) in [6, 6.07) is 6.36. The van der Waals surface area contributed by atoms with E-state index in [-0.39, 0.29) is 18.7 Å². The summed E-state index contributed by atoms with van der Waals surface area (Å²) in [5.74, 6) is -0.733. The largest absolute Gasteiger partial charge is 0.495 e. The van der Waals surface area contributed by atoms with Crippen LogP contribution in [0.15, 0.2) is 24.3 Å². The van der Waals surface area contributed by atoms with Crippen molar-refractivity contribution in [2.45, 2.75) is 12.6 Å². The average molecular weight is 288 g/mol. The quantitative estimate of drug-likeness (QED) is 0.896. The fourth-order valence-electron chi connectivity index (χ4n) is 2.25. The highest BCUT2D eigenvalue weighted by Gasteiger charge is 2.61. The van der Waals surface area contributed by atoms with Gasteiger partial charge in [0.05, 0.1) is 12.8 Å². The number of carbonyl (C=O) groups is 1. The molecule has 1 aromatic rings. The average Bonchev–Trinajstić information content (AvgIpc) is 2.89. The Bertz CT molecular complexity index is 497. The molecule has 20 heavy (non-hydrogen) atoms. The highest BCUT2D eigenvalue weighted by atomic mass is 19.4. The normalized spacial score (nSPS) is 22.6. The van der Waals surface area contributed by atoms with Gasteiger partial charge in [-0.15, -0.1) is 0 Å². The lowest BCUT2D eigenvalue weighted by Gasteiger charge is -2.29. The second-order valence-electron chi connectivity index (χ2n) is 4.66. The van der Waals surface area contributed by atoms with E-state index < -0.39 is 24.0 Å².